The van der Waals surface area contributed by atoms with Crippen molar-refractivity contribution in [2.24, 2.45) is 5.92 Å². The van der Waals surface area contributed by atoms with E-state index in [-0.39, 0.29) is 28.6 Å². The highest BCUT2D eigenvalue weighted by molar-refractivity contribution is 7.89. The molecule has 0 aromatic heterocycles. The summed E-state index contributed by atoms with van der Waals surface area (Å²) in [7, 11) is -1.73. The number of nitrogens with one attached hydrogen (secondary N) is 1. The van der Waals surface area contributed by atoms with Crippen LogP contribution in [0, 0.1) is 5.92 Å². The van der Waals surface area contributed by atoms with Gasteiger partial charge in [-0.3, -0.25) is 4.79 Å². The van der Waals surface area contributed by atoms with Gasteiger partial charge in [0, 0.05) is 6.04 Å². The van der Waals surface area contributed by atoms with Crippen LogP contribution in [0.25, 0.3) is 0 Å². The van der Waals surface area contributed by atoms with Crippen molar-refractivity contribution in [3.8, 4) is 5.75 Å². The van der Waals surface area contributed by atoms with E-state index in [9.17, 15) is 13.2 Å². The van der Waals surface area contributed by atoms with Gasteiger partial charge < -0.3 is 18.8 Å². The predicted octanol–water partition coefficient (Wildman–Crippen LogP) is 2.00. The summed E-state index contributed by atoms with van der Waals surface area (Å²) in [5.41, 5.74) is -0.463. The van der Waals surface area contributed by atoms with E-state index in [1.807, 2.05) is 27.7 Å². The molecule has 0 radical (unpaired) electrons. The zero-order chi connectivity index (χ0) is 23.0. The van der Waals surface area contributed by atoms with Gasteiger partial charge in [0.1, 0.15) is 10.6 Å². The highest BCUT2D eigenvalue weighted by Gasteiger charge is 2.52. The van der Waals surface area contributed by atoms with E-state index >= 15 is 0 Å². The Bertz CT molecular complexity index is 908. The molecular weight excluding hydrogens is 421 g/mol. The zero-order valence-corrected chi connectivity index (χ0v) is 19.9. The number of hydrogen-bond acceptors (Lipinski definition) is 7. The van der Waals surface area contributed by atoms with E-state index in [2.05, 4.69) is 4.72 Å². The third-order valence-electron chi connectivity index (χ3n) is 6.59. The predicted molar refractivity (Wildman–Crippen MR) is 117 cm³/mol. The lowest BCUT2D eigenvalue weighted by molar-refractivity contribution is -0.146. The molecule has 1 N–H and O–H groups in total. The number of ether oxygens (including phenoxy) is 2. The average Bonchev–Trinajstić information content (AvgIpc) is 2.94. The van der Waals surface area contributed by atoms with Crippen molar-refractivity contribution in [3.63, 3.8) is 0 Å². The molecule has 8 nitrogen and oxygen atoms in total. The first kappa shape index (κ1) is 24.0. The number of benzene rings is 1. The van der Waals surface area contributed by atoms with Crippen molar-refractivity contribution >= 4 is 28.6 Å². The van der Waals surface area contributed by atoms with Crippen LogP contribution in [0.4, 0.5) is 0 Å². The first-order valence-corrected chi connectivity index (χ1v) is 12.0. The number of esters is 1. The molecule has 1 heterocycles. The fraction of sp³-hybridized carbons (Fsp3) is 0.667. The van der Waals surface area contributed by atoms with Crippen molar-refractivity contribution in [1.82, 2.24) is 4.72 Å². The van der Waals surface area contributed by atoms with Gasteiger partial charge in [0.2, 0.25) is 10.0 Å². The summed E-state index contributed by atoms with van der Waals surface area (Å²) in [5, 5.41) is 0. The average molecular weight is 453 g/mol. The molecule has 0 bridgehead atoms. The van der Waals surface area contributed by atoms with Gasteiger partial charge in [-0.1, -0.05) is 6.07 Å². The van der Waals surface area contributed by atoms with Gasteiger partial charge in [-0.05, 0) is 71.0 Å². The molecular formula is C21H32BNO7S. The molecule has 0 unspecified atom stereocenters. The first-order valence-electron chi connectivity index (χ1n) is 10.5. The van der Waals surface area contributed by atoms with Crippen LogP contribution < -0.4 is 14.9 Å². The Hall–Kier alpha value is -1.62. The van der Waals surface area contributed by atoms with Crippen molar-refractivity contribution < 1.29 is 32.0 Å². The minimum absolute atomic E-state index is 0.0392. The quantitative estimate of drug-likeness (QED) is 0.520. The molecule has 0 amide bonds. The maximum atomic E-state index is 13.2. The SMILES string of the molecule is COC(=O)C1CCC(NS(=O)(=O)c2cc(B3OC(C)(C)C(C)(C)O3)ccc2OC)CC1. The van der Waals surface area contributed by atoms with Crippen molar-refractivity contribution in [2.75, 3.05) is 14.2 Å². The molecule has 1 saturated carbocycles. The molecule has 1 aromatic carbocycles. The number of methoxy groups -OCH3 is 2. The number of carbonyl (C=O) groups excluding carboxylic acids is 1. The van der Waals surface area contributed by atoms with Crippen LogP contribution in [0.5, 0.6) is 5.75 Å². The second-order valence-corrected chi connectivity index (χ2v) is 10.9. The molecule has 31 heavy (non-hydrogen) atoms. The lowest BCUT2D eigenvalue weighted by atomic mass is 9.79. The summed E-state index contributed by atoms with van der Waals surface area (Å²) in [6.45, 7) is 7.78. The number of rotatable bonds is 6. The van der Waals surface area contributed by atoms with Crippen LogP contribution in [0.2, 0.25) is 0 Å². The molecule has 10 heteroatoms. The van der Waals surface area contributed by atoms with Gasteiger partial charge in [0.05, 0.1) is 31.3 Å². The standard InChI is InChI=1S/C21H32BNO7S/c1-20(2)21(3,4)30-22(29-20)15-9-12-17(27-5)18(13-15)31(25,26)23-16-10-7-14(8-11-16)19(24)28-6/h9,12-14,16,23H,7-8,10-11H2,1-6H3. The molecule has 0 spiro atoms. The normalized spacial score (nSPS) is 25.3. The molecule has 1 aromatic rings. The van der Waals surface area contributed by atoms with Gasteiger partial charge in [-0.15, -0.1) is 0 Å². The second-order valence-electron chi connectivity index (χ2n) is 9.19. The molecule has 1 aliphatic carbocycles. The molecule has 2 aliphatic rings. The fourth-order valence-corrected chi connectivity index (χ4v) is 5.43. The molecule has 3 rings (SSSR count). The van der Waals surface area contributed by atoms with E-state index < -0.39 is 28.3 Å². The maximum absolute atomic E-state index is 13.2. The Kier molecular flexibility index (Phi) is 6.77. The highest BCUT2D eigenvalue weighted by atomic mass is 32.2. The lowest BCUT2D eigenvalue weighted by Crippen LogP contribution is -2.41. The van der Waals surface area contributed by atoms with Crippen LogP contribution in [0.1, 0.15) is 53.4 Å². The van der Waals surface area contributed by atoms with Crippen LogP contribution in [0.15, 0.2) is 23.1 Å². The van der Waals surface area contributed by atoms with Crippen molar-refractivity contribution in [2.45, 2.75) is 75.5 Å². The van der Waals surface area contributed by atoms with Gasteiger partial charge >= 0.3 is 13.1 Å². The molecule has 1 aliphatic heterocycles. The van der Waals surface area contributed by atoms with Crippen molar-refractivity contribution in [3.05, 3.63) is 18.2 Å². The van der Waals surface area contributed by atoms with Gasteiger partial charge in [0.15, 0.2) is 0 Å². The summed E-state index contributed by atoms with van der Waals surface area (Å²) in [6, 6.07) is 4.66. The second kappa shape index (κ2) is 8.73. The van der Waals surface area contributed by atoms with Crippen LogP contribution in [-0.2, 0) is 28.9 Å². The minimum Gasteiger partial charge on any atom is -0.495 e. The largest absolute Gasteiger partial charge is 0.495 e. The number of sulfonamides is 1. The molecule has 1 saturated heterocycles. The maximum Gasteiger partial charge on any atom is 0.494 e. The molecule has 0 atom stereocenters. The summed E-state index contributed by atoms with van der Waals surface area (Å²) in [6.07, 6.45) is 2.31. The summed E-state index contributed by atoms with van der Waals surface area (Å²) < 4.78 is 51.4. The smallest absolute Gasteiger partial charge is 0.494 e. The van der Waals surface area contributed by atoms with Gasteiger partial charge in [-0.2, -0.15) is 0 Å². The Morgan fingerprint density at radius 1 is 1.06 bits per heavy atom. The van der Waals surface area contributed by atoms with Crippen LogP contribution in [0.3, 0.4) is 0 Å². The fourth-order valence-electron chi connectivity index (χ4n) is 3.93. The summed E-state index contributed by atoms with van der Waals surface area (Å²) in [4.78, 5) is 11.8. The van der Waals surface area contributed by atoms with E-state index in [0.29, 0.717) is 31.1 Å². The van der Waals surface area contributed by atoms with E-state index in [0.717, 1.165) is 0 Å². The Morgan fingerprint density at radius 3 is 2.16 bits per heavy atom. The number of carbonyl (C=O) groups is 1. The zero-order valence-electron chi connectivity index (χ0n) is 19.1. The van der Waals surface area contributed by atoms with Gasteiger partial charge in [-0.25, -0.2) is 13.1 Å². The molecule has 172 valence electrons. The third kappa shape index (κ3) is 4.92. The summed E-state index contributed by atoms with van der Waals surface area (Å²) in [5.74, 6) is -0.166. The minimum atomic E-state index is -3.86. The first-order chi connectivity index (χ1) is 14.4. The van der Waals surface area contributed by atoms with E-state index in [1.54, 1.807) is 18.2 Å². The highest BCUT2D eigenvalue weighted by Crippen LogP contribution is 2.37. The van der Waals surface area contributed by atoms with Crippen LogP contribution in [-0.4, -0.2) is 53.0 Å². The number of hydrogen-bond donors (Lipinski definition) is 1. The Labute approximate surface area is 185 Å². The van der Waals surface area contributed by atoms with Gasteiger partial charge in [0.25, 0.3) is 0 Å². The Morgan fingerprint density at radius 2 is 1.65 bits per heavy atom. The summed E-state index contributed by atoms with van der Waals surface area (Å²) >= 11 is 0. The van der Waals surface area contributed by atoms with Crippen molar-refractivity contribution in [1.29, 1.82) is 0 Å². The van der Waals surface area contributed by atoms with E-state index in [1.165, 1.54) is 14.2 Å². The lowest BCUT2D eigenvalue weighted by Gasteiger charge is -2.32. The molecule has 2 fully saturated rings. The topological polar surface area (TPSA) is 100 Å². The Balaban J connectivity index is 1.80. The third-order valence-corrected chi connectivity index (χ3v) is 8.13. The van der Waals surface area contributed by atoms with Crippen LogP contribution >= 0.6 is 0 Å². The van der Waals surface area contributed by atoms with E-state index in [4.69, 9.17) is 18.8 Å². The monoisotopic (exact) mass is 453 g/mol.